The molecule has 4 aromatic heterocycles. The lowest BCUT2D eigenvalue weighted by Gasteiger charge is -2.13. The Morgan fingerprint density at radius 2 is 1.97 bits per heavy atom. The molecule has 0 radical (unpaired) electrons. The summed E-state index contributed by atoms with van der Waals surface area (Å²) in [6.45, 7) is 11.8. The Hall–Kier alpha value is -4.39. The Kier molecular flexibility index (Phi) is 5.98. The van der Waals surface area contributed by atoms with Gasteiger partial charge < -0.3 is 5.32 Å². The highest BCUT2D eigenvalue weighted by Crippen LogP contribution is 2.29. The molecular formula is C25H23N7. The molecule has 0 aliphatic heterocycles. The molecule has 0 saturated heterocycles. The lowest BCUT2D eigenvalue weighted by Crippen LogP contribution is -2.03. The van der Waals surface area contributed by atoms with Gasteiger partial charge in [-0.1, -0.05) is 19.2 Å². The minimum absolute atomic E-state index is 0.637. The standard InChI is InChI=1S/C25H23N7/c1-5-18(14-26-6-2)22-13-21-23(15-29-22)31-32-24(21)17(4)30-25-16(3)20(9-12-28-25)19-7-10-27-11-8-19/h5-15H,2,4H2,1,3H3,(H,28,30)(H,31,32)/b18-5+,26-14?. The molecule has 4 aromatic rings. The third-order valence-corrected chi connectivity index (χ3v) is 5.12. The van der Waals surface area contributed by atoms with Crippen molar-refractivity contribution in [3.63, 3.8) is 0 Å². The van der Waals surface area contributed by atoms with E-state index in [1.165, 1.54) is 6.20 Å². The van der Waals surface area contributed by atoms with Gasteiger partial charge in [-0.15, -0.1) is 0 Å². The van der Waals surface area contributed by atoms with Gasteiger partial charge in [-0.05, 0) is 54.8 Å². The highest BCUT2D eigenvalue weighted by Gasteiger charge is 2.14. The Balaban J connectivity index is 1.67. The fraction of sp³-hybridized carbons (Fsp3) is 0.0800. The van der Waals surface area contributed by atoms with Crippen LogP contribution in [0.25, 0.3) is 33.3 Å². The number of hydrogen-bond donors (Lipinski definition) is 2. The summed E-state index contributed by atoms with van der Waals surface area (Å²) >= 11 is 0. The summed E-state index contributed by atoms with van der Waals surface area (Å²) in [6, 6.07) is 7.92. The molecule has 32 heavy (non-hydrogen) atoms. The average molecular weight is 422 g/mol. The van der Waals surface area contributed by atoms with Crippen molar-refractivity contribution in [1.82, 2.24) is 25.1 Å². The lowest BCUT2D eigenvalue weighted by molar-refractivity contribution is 1.09. The van der Waals surface area contributed by atoms with Crippen molar-refractivity contribution in [2.45, 2.75) is 13.8 Å². The quantitative estimate of drug-likeness (QED) is 0.389. The van der Waals surface area contributed by atoms with Gasteiger partial charge >= 0.3 is 0 Å². The van der Waals surface area contributed by atoms with E-state index in [9.17, 15) is 0 Å². The van der Waals surface area contributed by atoms with E-state index in [0.29, 0.717) is 11.4 Å². The van der Waals surface area contributed by atoms with E-state index in [1.807, 2.05) is 44.2 Å². The highest BCUT2D eigenvalue weighted by atomic mass is 15.1. The third kappa shape index (κ3) is 4.09. The van der Waals surface area contributed by atoms with Crippen LogP contribution < -0.4 is 5.32 Å². The van der Waals surface area contributed by atoms with Crippen molar-refractivity contribution in [2.75, 3.05) is 5.32 Å². The zero-order chi connectivity index (χ0) is 22.5. The summed E-state index contributed by atoms with van der Waals surface area (Å²) in [6.07, 6.45) is 12.3. The molecule has 0 amide bonds. The summed E-state index contributed by atoms with van der Waals surface area (Å²) in [5.74, 6) is 0.724. The molecule has 7 heteroatoms. The Labute approximate surface area is 186 Å². The van der Waals surface area contributed by atoms with Crippen LogP contribution in [-0.4, -0.2) is 31.4 Å². The number of nitrogens with one attached hydrogen (secondary N) is 2. The smallest absolute Gasteiger partial charge is 0.133 e. The molecule has 4 rings (SSSR count). The van der Waals surface area contributed by atoms with Crippen LogP contribution >= 0.6 is 0 Å². The zero-order valence-electron chi connectivity index (χ0n) is 18.0. The number of aliphatic imine (C=N–C) groups is 1. The first kappa shape index (κ1) is 20.9. The van der Waals surface area contributed by atoms with Crippen LogP contribution in [0, 0.1) is 6.92 Å². The third-order valence-electron chi connectivity index (χ3n) is 5.12. The van der Waals surface area contributed by atoms with Gasteiger partial charge in [-0.25, -0.2) is 4.98 Å². The molecule has 2 N–H and O–H groups in total. The van der Waals surface area contributed by atoms with Gasteiger partial charge in [0.2, 0.25) is 0 Å². The van der Waals surface area contributed by atoms with Crippen LogP contribution in [0.2, 0.25) is 0 Å². The second kappa shape index (κ2) is 9.18. The summed E-state index contributed by atoms with van der Waals surface area (Å²) in [5.41, 5.74) is 7.00. The molecule has 0 spiro atoms. The van der Waals surface area contributed by atoms with Gasteiger partial charge in [0.15, 0.2) is 0 Å². The maximum atomic E-state index is 4.51. The molecule has 0 unspecified atom stereocenters. The molecule has 0 aliphatic rings. The van der Waals surface area contributed by atoms with Gasteiger partial charge in [0.05, 0.1) is 23.1 Å². The van der Waals surface area contributed by atoms with Gasteiger partial charge in [-0.2, -0.15) is 5.10 Å². The van der Waals surface area contributed by atoms with Gasteiger partial charge in [0.25, 0.3) is 0 Å². The Morgan fingerprint density at radius 3 is 2.72 bits per heavy atom. The van der Waals surface area contributed by atoms with Crippen LogP contribution in [0.3, 0.4) is 0 Å². The maximum Gasteiger partial charge on any atom is 0.133 e. The fourth-order valence-electron chi connectivity index (χ4n) is 3.43. The zero-order valence-corrected chi connectivity index (χ0v) is 18.0. The second-order valence-corrected chi connectivity index (χ2v) is 7.06. The normalized spacial score (nSPS) is 11.8. The number of rotatable bonds is 7. The number of H-pyrrole nitrogens is 1. The average Bonchev–Trinajstić information content (AvgIpc) is 3.25. The predicted molar refractivity (Wildman–Crippen MR) is 131 cm³/mol. The minimum atomic E-state index is 0.637. The van der Waals surface area contributed by atoms with Crippen LogP contribution in [0.1, 0.15) is 23.9 Å². The number of nitrogens with zero attached hydrogens (tertiary/aromatic N) is 5. The molecule has 0 fully saturated rings. The van der Waals surface area contributed by atoms with E-state index in [-0.39, 0.29) is 0 Å². The van der Waals surface area contributed by atoms with Crippen LogP contribution in [0.5, 0.6) is 0 Å². The van der Waals surface area contributed by atoms with E-state index in [4.69, 9.17) is 0 Å². The summed E-state index contributed by atoms with van der Waals surface area (Å²) in [4.78, 5) is 17.2. The van der Waals surface area contributed by atoms with Crippen molar-refractivity contribution in [3.8, 4) is 11.1 Å². The minimum Gasteiger partial charge on any atom is -0.339 e. The predicted octanol–water partition coefficient (Wildman–Crippen LogP) is 5.42. The number of hydrogen-bond acceptors (Lipinski definition) is 6. The summed E-state index contributed by atoms with van der Waals surface area (Å²) in [7, 11) is 0. The number of aromatic amines is 1. The van der Waals surface area contributed by atoms with Gasteiger partial charge in [0, 0.05) is 42.0 Å². The maximum absolute atomic E-state index is 4.51. The number of aromatic nitrogens is 5. The SMILES string of the molecule is C=CN=C/C(=C\C)c1cc2c(C(=C)Nc3nccc(-c4ccncc4)c3C)n[nH]c2cn1. The summed E-state index contributed by atoms with van der Waals surface area (Å²) < 4.78 is 0. The van der Waals surface area contributed by atoms with Crippen molar-refractivity contribution >= 4 is 34.2 Å². The van der Waals surface area contributed by atoms with Gasteiger partial charge in [-0.3, -0.25) is 20.1 Å². The first-order chi connectivity index (χ1) is 15.6. The van der Waals surface area contributed by atoms with E-state index < -0.39 is 0 Å². The molecule has 0 aliphatic carbocycles. The number of allylic oxidation sites excluding steroid dienone is 2. The lowest BCUT2D eigenvalue weighted by atomic mass is 10.0. The first-order valence-corrected chi connectivity index (χ1v) is 10.1. The van der Waals surface area contributed by atoms with E-state index in [0.717, 1.165) is 44.7 Å². The second-order valence-electron chi connectivity index (χ2n) is 7.06. The van der Waals surface area contributed by atoms with Crippen molar-refractivity contribution in [2.24, 2.45) is 4.99 Å². The molecule has 7 nitrogen and oxygen atoms in total. The summed E-state index contributed by atoms with van der Waals surface area (Å²) in [5, 5.41) is 11.7. The fourth-order valence-corrected chi connectivity index (χ4v) is 3.43. The van der Waals surface area contributed by atoms with Crippen LogP contribution in [-0.2, 0) is 0 Å². The van der Waals surface area contributed by atoms with Crippen LogP contribution in [0.4, 0.5) is 5.82 Å². The number of fused-ring (bicyclic) bond motifs is 1. The Morgan fingerprint density at radius 1 is 1.16 bits per heavy atom. The van der Waals surface area contributed by atoms with Crippen molar-refractivity contribution < 1.29 is 0 Å². The topological polar surface area (TPSA) is 91.7 Å². The van der Waals surface area contributed by atoms with Gasteiger partial charge in [0.1, 0.15) is 11.5 Å². The van der Waals surface area contributed by atoms with Crippen LogP contribution in [0.15, 0.2) is 79.5 Å². The molecule has 0 aromatic carbocycles. The van der Waals surface area contributed by atoms with Crippen molar-refractivity contribution in [3.05, 3.63) is 91.4 Å². The van der Waals surface area contributed by atoms with Crippen molar-refractivity contribution in [1.29, 1.82) is 0 Å². The molecule has 0 bridgehead atoms. The molecule has 158 valence electrons. The van der Waals surface area contributed by atoms with E-state index >= 15 is 0 Å². The highest BCUT2D eigenvalue weighted by molar-refractivity contribution is 6.10. The molecule has 4 heterocycles. The Bertz CT molecular complexity index is 1350. The number of pyridine rings is 3. The first-order valence-electron chi connectivity index (χ1n) is 10.1. The van der Waals surface area contributed by atoms with E-state index in [2.05, 4.69) is 48.6 Å². The molecule has 0 saturated carbocycles. The number of anilines is 1. The molecular weight excluding hydrogens is 398 g/mol. The monoisotopic (exact) mass is 421 g/mol. The van der Waals surface area contributed by atoms with E-state index in [1.54, 1.807) is 31.0 Å². The largest absolute Gasteiger partial charge is 0.339 e. The molecule has 0 atom stereocenters.